The number of aromatic nitrogens is 2. The van der Waals surface area contributed by atoms with Crippen molar-refractivity contribution in [3.63, 3.8) is 0 Å². The molecule has 0 aliphatic carbocycles. The van der Waals surface area contributed by atoms with Gasteiger partial charge in [0.05, 0.1) is 11.0 Å². The monoisotopic (exact) mass is 218 g/mol. The second-order valence-electron chi connectivity index (χ2n) is 4.20. The lowest BCUT2D eigenvalue weighted by Crippen LogP contribution is -1.98. The van der Waals surface area contributed by atoms with Gasteiger partial charge in [-0.2, -0.15) is 11.8 Å². The normalized spacial score (nSPS) is 21.3. The predicted molar refractivity (Wildman–Crippen MR) is 65.5 cm³/mol. The van der Waals surface area contributed by atoms with Crippen LogP contribution in [0.3, 0.4) is 0 Å². The summed E-state index contributed by atoms with van der Waals surface area (Å²) >= 11 is 2.03. The van der Waals surface area contributed by atoms with Gasteiger partial charge in [-0.1, -0.05) is 6.07 Å². The van der Waals surface area contributed by atoms with Crippen molar-refractivity contribution in [2.24, 2.45) is 0 Å². The van der Waals surface area contributed by atoms with Crippen molar-refractivity contribution in [1.29, 1.82) is 0 Å². The Morgan fingerprint density at radius 1 is 1.47 bits per heavy atom. The molecule has 1 aromatic carbocycles. The summed E-state index contributed by atoms with van der Waals surface area (Å²) < 4.78 is 0. The summed E-state index contributed by atoms with van der Waals surface area (Å²) in [4.78, 5) is 8.12. The number of thioether (sulfide) groups is 1. The first-order valence-corrected chi connectivity index (χ1v) is 6.52. The molecule has 0 bridgehead atoms. The molecule has 1 N–H and O–H groups in total. The number of fused-ring (bicyclic) bond motifs is 1. The average molecular weight is 218 g/mol. The molecule has 1 fully saturated rings. The smallest absolute Gasteiger partial charge is 0.111 e. The molecule has 15 heavy (non-hydrogen) atoms. The van der Waals surface area contributed by atoms with Crippen molar-refractivity contribution in [1.82, 2.24) is 9.97 Å². The van der Waals surface area contributed by atoms with E-state index in [1.54, 1.807) is 0 Å². The van der Waals surface area contributed by atoms with Crippen LogP contribution in [0.25, 0.3) is 11.0 Å². The van der Waals surface area contributed by atoms with Gasteiger partial charge in [0.2, 0.25) is 0 Å². The average Bonchev–Trinajstić information content (AvgIpc) is 2.84. The van der Waals surface area contributed by atoms with Gasteiger partial charge in [-0.25, -0.2) is 4.98 Å². The topological polar surface area (TPSA) is 28.7 Å². The molecule has 1 aliphatic heterocycles. The number of hydrogen-bond donors (Lipinski definition) is 1. The Bertz CT molecular complexity index is 483. The van der Waals surface area contributed by atoms with E-state index in [1.807, 2.05) is 11.8 Å². The van der Waals surface area contributed by atoms with Crippen LogP contribution in [0, 0.1) is 6.92 Å². The predicted octanol–water partition coefficient (Wildman–Crippen LogP) is 3.09. The molecule has 0 spiro atoms. The molecule has 0 saturated carbocycles. The largest absolute Gasteiger partial charge is 0.342 e. The zero-order valence-electron chi connectivity index (χ0n) is 8.79. The number of benzene rings is 1. The Labute approximate surface area is 93.5 Å². The van der Waals surface area contributed by atoms with Crippen molar-refractivity contribution in [3.8, 4) is 0 Å². The third kappa shape index (κ3) is 1.65. The molecule has 0 amide bonds. The number of imidazole rings is 1. The van der Waals surface area contributed by atoms with Gasteiger partial charge >= 0.3 is 0 Å². The van der Waals surface area contributed by atoms with E-state index in [0.717, 1.165) is 5.52 Å². The van der Waals surface area contributed by atoms with Crippen LogP contribution in [-0.2, 0) is 0 Å². The van der Waals surface area contributed by atoms with E-state index in [2.05, 4.69) is 35.1 Å². The van der Waals surface area contributed by atoms with Crippen molar-refractivity contribution < 1.29 is 0 Å². The minimum absolute atomic E-state index is 0.641. The fourth-order valence-corrected chi connectivity index (χ4v) is 3.31. The molecule has 1 aliphatic rings. The Morgan fingerprint density at radius 2 is 2.40 bits per heavy atom. The summed E-state index contributed by atoms with van der Waals surface area (Å²) in [5.41, 5.74) is 3.58. The summed E-state index contributed by atoms with van der Waals surface area (Å²) in [6.45, 7) is 2.12. The molecule has 1 atom stereocenters. The van der Waals surface area contributed by atoms with Crippen molar-refractivity contribution in [3.05, 3.63) is 29.6 Å². The van der Waals surface area contributed by atoms with Gasteiger partial charge in [0, 0.05) is 11.7 Å². The van der Waals surface area contributed by atoms with Crippen molar-refractivity contribution in [2.75, 3.05) is 11.5 Å². The lowest BCUT2D eigenvalue weighted by atomic mass is 10.1. The number of aromatic amines is 1. The van der Waals surface area contributed by atoms with Crippen molar-refractivity contribution in [2.45, 2.75) is 19.3 Å². The van der Waals surface area contributed by atoms with E-state index in [4.69, 9.17) is 0 Å². The summed E-state index contributed by atoms with van der Waals surface area (Å²) in [7, 11) is 0. The molecule has 1 unspecified atom stereocenters. The van der Waals surface area contributed by atoms with Gasteiger partial charge in [-0.3, -0.25) is 0 Å². The number of rotatable bonds is 1. The van der Waals surface area contributed by atoms with E-state index in [1.165, 1.54) is 34.8 Å². The fraction of sp³-hybridized carbons (Fsp3) is 0.417. The van der Waals surface area contributed by atoms with Crippen LogP contribution in [-0.4, -0.2) is 21.5 Å². The summed E-state index contributed by atoms with van der Waals surface area (Å²) in [6.07, 6.45) is 1.27. The van der Waals surface area contributed by atoms with Crippen LogP contribution in [0.4, 0.5) is 0 Å². The molecule has 1 saturated heterocycles. The molecular weight excluding hydrogens is 204 g/mol. The van der Waals surface area contributed by atoms with Crippen LogP contribution in [0.2, 0.25) is 0 Å². The van der Waals surface area contributed by atoms with Gasteiger partial charge in [0.25, 0.3) is 0 Å². The maximum Gasteiger partial charge on any atom is 0.111 e. The Kier molecular flexibility index (Phi) is 2.20. The van der Waals surface area contributed by atoms with Gasteiger partial charge in [-0.15, -0.1) is 0 Å². The highest BCUT2D eigenvalue weighted by molar-refractivity contribution is 7.99. The number of nitrogens with zero attached hydrogens (tertiary/aromatic N) is 1. The van der Waals surface area contributed by atoms with Crippen LogP contribution < -0.4 is 0 Å². The van der Waals surface area contributed by atoms with Crippen LogP contribution >= 0.6 is 11.8 Å². The highest BCUT2D eigenvalue weighted by atomic mass is 32.2. The zero-order chi connectivity index (χ0) is 10.3. The zero-order valence-corrected chi connectivity index (χ0v) is 9.60. The highest BCUT2D eigenvalue weighted by Gasteiger charge is 2.20. The van der Waals surface area contributed by atoms with E-state index in [9.17, 15) is 0 Å². The first-order valence-electron chi connectivity index (χ1n) is 5.37. The molecule has 1 aromatic heterocycles. The SMILES string of the molecule is Cc1ccc2nc(C3CCSC3)[nH]c2c1. The Balaban J connectivity index is 2.05. The minimum Gasteiger partial charge on any atom is -0.342 e. The number of H-pyrrole nitrogens is 1. The van der Waals surface area contributed by atoms with Gasteiger partial charge < -0.3 is 4.98 Å². The molecule has 2 aromatic rings. The first-order chi connectivity index (χ1) is 7.33. The maximum absolute atomic E-state index is 4.67. The lowest BCUT2D eigenvalue weighted by Gasteiger charge is -2.01. The minimum atomic E-state index is 0.641. The van der Waals surface area contributed by atoms with E-state index in [0.29, 0.717) is 5.92 Å². The highest BCUT2D eigenvalue weighted by Crippen LogP contribution is 2.31. The molecule has 0 radical (unpaired) electrons. The number of hydrogen-bond acceptors (Lipinski definition) is 2. The second-order valence-corrected chi connectivity index (χ2v) is 5.35. The van der Waals surface area contributed by atoms with Gasteiger partial charge in [-0.05, 0) is 36.8 Å². The lowest BCUT2D eigenvalue weighted by molar-refractivity contribution is 0.733. The molecule has 78 valence electrons. The molecule has 2 heterocycles. The van der Waals surface area contributed by atoms with E-state index in [-0.39, 0.29) is 0 Å². The Morgan fingerprint density at radius 3 is 3.20 bits per heavy atom. The molecule has 3 rings (SSSR count). The third-order valence-corrected chi connectivity index (χ3v) is 4.13. The maximum atomic E-state index is 4.67. The molecule has 2 nitrogen and oxygen atoms in total. The third-order valence-electron chi connectivity index (χ3n) is 2.97. The van der Waals surface area contributed by atoms with Crippen LogP contribution in [0.15, 0.2) is 18.2 Å². The molecule has 3 heteroatoms. The second kappa shape index (κ2) is 3.56. The summed E-state index contributed by atoms with van der Waals surface area (Å²) in [5, 5.41) is 0. The van der Waals surface area contributed by atoms with Crippen LogP contribution in [0.5, 0.6) is 0 Å². The number of nitrogens with one attached hydrogen (secondary N) is 1. The van der Waals surface area contributed by atoms with Crippen molar-refractivity contribution >= 4 is 22.8 Å². The molecular formula is C12H14N2S. The fourth-order valence-electron chi connectivity index (χ4n) is 2.09. The van der Waals surface area contributed by atoms with Crippen LogP contribution in [0.1, 0.15) is 23.7 Å². The summed E-state index contributed by atoms with van der Waals surface area (Å²) in [6, 6.07) is 6.40. The van der Waals surface area contributed by atoms with E-state index >= 15 is 0 Å². The summed E-state index contributed by atoms with van der Waals surface area (Å²) in [5.74, 6) is 4.32. The van der Waals surface area contributed by atoms with Gasteiger partial charge in [0.15, 0.2) is 0 Å². The Hall–Kier alpha value is -0.960. The van der Waals surface area contributed by atoms with Gasteiger partial charge in [0.1, 0.15) is 5.82 Å². The van der Waals surface area contributed by atoms with E-state index < -0.39 is 0 Å². The quantitative estimate of drug-likeness (QED) is 0.796. The standard InChI is InChI=1S/C12H14N2S/c1-8-2-3-10-11(6-8)14-12(13-10)9-4-5-15-7-9/h2-3,6,9H,4-5,7H2,1H3,(H,13,14). The number of aryl methyl sites for hydroxylation is 1. The first kappa shape index (κ1) is 9.28.